The van der Waals surface area contributed by atoms with Gasteiger partial charge in [0, 0.05) is 6.42 Å². The Morgan fingerprint density at radius 3 is 2.71 bits per heavy atom. The minimum atomic E-state index is -0.840. The largest absolute Gasteiger partial charge is 0.303 e. The first-order chi connectivity index (χ1) is 6.70. The molecule has 1 nitrogen and oxygen atoms in total. The van der Waals surface area contributed by atoms with Gasteiger partial charge in [0.1, 0.15) is 6.29 Å². The van der Waals surface area contributed by atoms with E-state index in [0.29, 0.717) is 18.4 Å². The van der Waals surface area contributed by atoms with Crippen molar-refractivity contribution in [1.29, 1.82) is 0 Å². The molecule has 0 saturated carbocycles. The zero-order chi connectivity index (χ0) is 10.1. The molecule has 0 unspecified atom stereocenters. The van der Waals surface area contributed by atoms with Gasteiger partial charge in [-0.05, 0) is 29.7 Å². The lowest BCUT2D eigenvalue weighted by Gasteiger charge is -1.99. The van der Waals surface area contributed by atoms with Gasteiger partial charge < -0.3 is 4.79 Å². The number of halogens is 2. The van der Waals surface area contributed by atoms with E-state index in [4.69, 9.17) is 0 Å². The SMILES string of the molecule is O=CCC1=Cc2cc(F)c(F)cc2C1. The zero-order valence-corrected chi connectivity index (χ0v) is 7.39. The molecule has 0 aromatic heterocycles. The van der Waals surface area contributed by atoms with Crippen LogP contribution in [0.2, 0.25) is 0 Å². The monoisotopic (exact) mass is 194 g/mol. The number of rotatable bonds is 2. The lowest BCUT2D eigenvalue weighted by molar-refractivity contribution is -0.107. The Hall–Kier alpha value is -1.51. The molecule has 0 amide bonds. The van der Waals surface area contributed by atoms with Crippen molar-refractivity contribution >= 4 is 12.4 Å². The van der Waals surface area contributed by atoms with Crippen LogP contribution in [0.15, 0.2) is 17.7 Å². The number of allylic oxidation sites excluding steroid dienone is 1. The van der Waals surface area contributed by atoms with E-state index in [2.05, 4.69) is 0 Å². The number of benzene rings is 1. The first-order valence-electron chi connectivity index (χ1n) is 4.31. The molecule has 1 aliphatic rings. The molecule has 0 aliphatic heterocycles. The first-order valence-corrected chi connectivity index (χ1v) is 4.31. The van der Waals surface area contributed by atoms with E-state index in [1.54, 1.807) is 6.08 Å². The van der Waals surface area contributed by atoms with E-state index in [-0.39, 0.29) is 0 Å². The Bertz CT molecular complexity index is 422. The van der Waals surface area contributed by atoms with Crippen LogP contribution in [0.4, 0.5) is 8.78 Å². The van der Waals surface area contributed by atoms with Gasteiger partial charge in [-0.15, -0.1) is 0 Å². The molecule has 1 aliphatic carbocycles. The maximum Gasteiger partial charge on any atom is 0.159 e. The van der Waals surface area contributed by atoms with Crippen molar-refractivity contribution in [2.24, 2.45) is 0 Å². The summed E-state index contributed by atoms with van der Waals surface area (Å²) in [4.78, 5) is 10.3. The predicted molar refractivity (Wildman–Crippen MR) is 48.7 cm³/mol. The summed E-state index contributed by atoms with van der Waals surface area (Å²) in [5, 5.41) is 0. The number of fused-ring (bicyclic) bond motifs is 1. The van der Waals surface area contributed by atoms with Crippen LogP contribution < -0.4 is 0 Å². The van der Waals surface area contributed by atoms with Crippen LogP contribution in [-0.4, -0.2) is 6.29 Å². The minimum absolute atomic E-state index is 0.331. The summed E-state index contributed by atoms with van der Waals surface area (Å²) in [7, 11) is 0. The summed E-state index contributed by atoms with van der Waals surface area (Å²) in [5.74, 6) is -1.67. The van der Waals surface area contributed by atoms with E-state index < -0.39 is 11.6 Å². The molecule has 14 heavy (non-hydrogen) atoms. The van der Waals surface area contributed by atoms with Crippen LogP contribution in [0.3, 0.4) is 0 Å². The van der Waals surface area contributed by atoms with Crippen LogP contribution in [-0.2, 0) is 11.2 Å². The Labute approximate surface area is 80.1 Å². The Kier molecular flexibility index (Phi) is 2.15. The van der Waals surface area contributed by atoms with Gasteiger partial charge in [-0.25, -0.2) is 8.78 Å². The summed E-state index contributed by atoms with van der Waals surface area (Å²) < 4.78 is 25.6. The molecule has 0 fully saturated rings. The molecule has 1 aromatic carbocycles. The maximum atomic E-state index is 12.8. The molecule has 72 valence electrons. The van der Waals surface area contributed by atoms with Crippen molar-refractivity contribution in [1.82, 2.24) is 0 Å². The molecule has 0 saturated heterocycles. The van der Waals surface area contributed by atoms with Crippen molar-refractivity contribution in [3.8, 4) is 0 Å². The summed E-state index contributed by atoms with van der Waals surface area (Å²) in [6.07, 6.45) is 3.42. The second-order valence-electron chi connectivity index (χ2n) is 3.32. The highest BCUT2D eigenvalue weighted by molar-refractivity contribution is 5.69. The van der Waals surface area contributed by atoms with Crippen molar-refractivity contribution in [3.05, 3.63) is 40.5 Å². The van der Waals surface area contributed by atoms with Gasteiger partial charge in [-0.3, -0.25) is 0 Å². The van der Waals surface area contributed by atoms with Gasteiger partial charge in [0.25, 0.3) is 0 Å². The normalized spacial score (nSPS) is 13.7. The fourth-order valence-corrected chi connectivity index (χ4v) is 1.64. The van der Waals surface area contributed by atoms with E-state index in [1.165, 1.54) is 12.1 Å². The van der Waals surface area contributed by atoms with Gasteiger partial charge in [0.05, 0.1) is 0 Å². The molecule has 0 heterocycles. The summed E-state index contributed by atoms with van der Waals surface area (Å²) in [6.45, 7) is 0. The number of hydrogen-bond donors (Lipinski definition) is 0. The van der Waals surface area contributed by atoms with Crippen LogP contribution in [0.5, 0.6) is 0 Å². The fourth-order valence-electron chi connectivity index (χ4n) is 1.64. The van der Waals surface area contributed by atoms with Crippen molar-refractivity contribution in [2.75, 3.05) is 0 Å². The second-order valence-corrected chi connectivity index (χ2v) is 3.32. The minimum Gasteiger partial charge on any atom is -0.303 e. The van der Waals surface area contributed by atoms with Crippen molar-refractivity contribution in [3.63, 3.8) is 0 Å². The third kappa shape index (κ3) is 1.45. The third-order valence-corrected chi connectivity index (χ3v) is 2.30. The average Bonchev–Trinajstić information content (AvgIpc) is 2.48. The van der Waals surface area contributed by atoms with E-state index in [1.807, 2.05) is 0 Å². The van der Waals surface area contributed by atoms with Crippen LogP contribution in [0.25, 0.3) is 6.08 Å². The molecule has 1 aromatic rings. The van der Waals surface area contributed by atoms with Gasteiger partial charge in [0.15, 0.2) is 11.6 Å². The van der Waals surface area contributed by atoms with Gasteiger partial charge in [-0.2, -0.15) is 0 Å². The molecule has 0 bridgehead atoms. The molecule has 0 spiro atoms. The van der Waals surface area contributed by atoms with E-state index >= 15 is 0 Å². The highest BCUT2D eigenvalue weighted by atomic mass is 19.2. The highest BCUT2D eigenvalue weighted by Gasteiger charge is 2.15. The third-order valence-electron chi connectivity index (χ3n) is 2.30. The average molecular weight is 194 g/mol. The number of carbonyl (C=O) groups excluding carboxylic acids is 1. The van der Waals surface area contributed by atoms with E-state index in [0.717, 1.165) is 17.4 Å². The molecular formula is C11H8F2O. The lowest BCUT2D eigenvalue weighted by Crippen LogP contribution is -1.90. The Morgan fingerprint density at radius 1 is 1.29 bits per heavy atom. The zero-order valence-electron chi connectivity index (χ0n) is 7.39. The van der Waals surface area contributed by atoms with Gasteiger partial charge in [-0.1, -0.05) is 11.6 Å². The van der Waals surface area contributed by atoms with Crippen LogP contribution >= 0.6 is 0 Å². The van der Waals surface area contributed by atoms with Crippen LogP contribution in [0.1, 0.15) is 17.5 Å². The maximum absolute atomic E-state index is 12.8. The number of carbonyl (C=O) groups is 1. The molecule has 2 rings (SSSR count). The molecule has 3 heteroatoms. The van der Waals surface area contributed by atoms with Crippen molar-refractivity contribution in [2.45, 2.75) is 12.8 Å². The summed E-state index contributed by atoms with van der Waals surface area (Å²) in [6, 6.07) is 2.36. The molecular weight excluding hydrogens is 186 g/mol. The predicted octanol–water partition coefficient (Wildman–Crippen LogP) is 2.49. The topological polar surface area (TPSA) is 17.1 Å². The van der Waals surface area contributed by atoms with Crippen molar-refractivity contribution < 1.29 is 13.6 Å². The molecule has 0 atom stereocenters. The van der Waals surface area contributed by atoms with Gasteiger partial charge in [0.2, 0.25) is 0 Å². The summed E-state index contributed by atoms with van der Waals surface area (Å²) in [5.41, 5.74) is 2.33. The first kappa shape index (κ1) is 9.06. The number of aldehydes is 1. The smallest absolute Gasteiger partial charge is 0.159 e. The number of hydrogen-bond acceptors (Lipinski definition) is 1. The summed E-state index contributed by atoms with van der Waals surface area (Å²) >= 11 is 0. The standard InChI is InChI=1S/C11H8F2O/c12-10-5-8-3-7(1-2-14)4-9(8)6-11(10)13/h2-3,5-6H,1,4H2. The quantitative estimate of drug-likeness (QED) is 0.661. The van der Waals surface area contributed by atoms with E-state index in [9.17, 15) is 13.6 Å². The molecule has 0 radical (unpaired) electrons. The fraction of sp³-hybridized carbons (Fsp3) is 0.182. The Morgan fingerprint density at radius 2 is 2.00 bits per heavy atom. The van der Waals surface area contributed by atoms with Crippen LogP contribution in [0, 0.1) is 11.6 Å². The second kappa shape index (κ2) is 3.33. The highest BCUT2D eigenvalue weighted by Crippen LogP contribution is 2.28. The van der Waals surface area contributed by atoms with Gasteiger partial charge >= 0.3 is 0 Å². The Balaban J connectivity index is 2.37. The molecule has 0 N–H and O–H groups in total. The lowest BCUT2D eigenvalue weighted by atomic mass is 10.1.